The average molecular weight is 247 g/mol. The number of ether oxygens (including phenoxy) is 1. The quantitative estimate of drug-likeness (QED) is 0.778. The predicted octanol–water partition coefficient (Wildman–Crippen LogP) is 3.40. The molecule has 0 spiro atoms. The molecular weight excluding hydrogens is 226 g/mol. The molecule has 0 atom stereocenters. The molecule has 0 aliphatic carbocycles. The van der Waals surface area contributed by atoms with Gasteiger partial charge in [-0.15, -0.1) is 0 Å². The van der Waals surface area contributed by atoms with E-state index in [0.29, 0.717) is 0 Å². The van der Waals surface area contributed by atoms with Crippen molar-refractivity contribution in [2.24, 2.45) is 0 Å². The van der Waals surface area contributed by atoms with Gasteiger partial charge in [0.25, 0.3) is 0 Å². The predicted molar refractivity (Wildman–Crippen MR) is 74.7 cm³/mol. The summed E-state index contributed by atoms with van der Waals surface area (Å²) < 4.78 is 6.63. The number of rotatable bonds is 3. The topological polar surface area (TPSA) is 31.2 Å². The van der Waals surface area contributed by atoms with Crippen LogP contribution in [0.4, 0.5) is 0 Å². The van der Waals surface area contributed by atoms with Crippen molar-refractivity contribution in [3.8, 4) is 0 Å². The smallest absolute Gasteiger partial charge is 0.325 e. The number of benzene rings is 1. The van der Waals surface area contributed by atoms with E-state index in [2.05, 4.69) is 17.7 Å². The van der Waals surface area contributed by atoms with Crippen LogP contribution >= 0.6 is 0 Å². The zero-order valence-corrected chi connectivity index (χ0v) is 11.6. The minimum Gasteiger partial charge on any atom is -0.468 e. The summed E-state index contributed by atoms with van der Waals surface area (Å²) in [5, 5.41) is 1.22. The summed E-state index contributed by atoms with van der Waals surface area (Å²) in [6.07, 6.45) is 3.00. The highest BCUT2D eigenvalue weighted by atomic mass is 16.5. The molecule has 3 nitrogen and oxygen atoms in total. The molecular formula is C15H21NO2. The van der Waals surface area contributed by atoms with E-state index < -0.39 is 0 Å². The van der Waals surface area contributed by atoms with Crippen molar-refractivity contribution in [1.82, 2.24) is 4.57 Å². The Hall–Kier alpha value is -1.77. The number of aromatic nitrogens is 1. The zero-order chi connectivity index (χ0) is 13.5. The maximum Gasteiger partial charge on any atom is 0.325 e. The highest BCUT2D eigenvalue weighted by Crippen LogP contribution is 2.21. The molecule has 0 bridgehead atoms. The van der Waals surface area contributed by atoms with Gasteiger partial charge in [0.05, 0.1) is 7.11 Å². The Bertz CT molecular complexity index is 514. The molecule has 2 aromatic rings. The standard InChI is InChI=1S/C13H15NO2.C2H6/c1-3-10-8-14(9-13(15)16-2)12-7-5-4-6-11(10)12;1-2/h4-8H,3,9H2,1-2H3;1-2H3. The molecule has 3 heteroatoms. The van der Waals surface area contributed by atoms with Gasteiger partial charge in [-0.25, -0.2) is 0 Å². The summed E-state index contributed by atoms with van der Waals surface area (Å²) >= 11 is 0. The molecule has 1 aromatic heterocycles. The van der Waals surface area contributed by atoms with Crippen LogP contribution in [0.5, 0.6) is 0 Å². The van der Waals surface area contributed by atoms with Gasteiger partial charge in [-0.1, -0.05) is 39.0 Å². The number of hydrogen-bond acceptors (Lipinski definition) is 2. The van der Waals surface area contributed by atoms with E-state index in [1.807, 2.05) is 42.8 Å². The Morgan fingerprint density at radius 1 is 1.28 bits per heavy atom. The Morgan fingerprint density at radius 3 is 2.56 bits per heavy atom. The van der Waals surface area contributed by atoms with E-state index in [1.165, 1.54) is 18.1 Å². The van der Waals surface area contributed by atoms with Crippen molar-refractivity contribution in [3.05, 3.63) is 36.0 Å². The lowest BCUT2D eigenvalue weighted by Gasteiger charge is -2.02. The van der Waals surface area contributed by atoms with E-state index in [9.17, 15) is 4.79 Å². The summed E-state index contributed by atoms with van der Waals surface area (Å²) in [4.78, 5) is 11.3. The van der Waals surface area contributed by atoms with Gasteiger partial charge in [0, 0.05) is 17.1 Å². The van der Waals surface area contributed by atoms with Crippen molar-refractivity contribution >= 4 is 16.9 Å². The number of carbonyl (C=O) groups excluding carboxylic acids is 1. The molecule has 18 heavy (non-hydrogen) atoms. The number of para-hydroxylation sites is 1. The number of methoxy groups -OCH3 is 1. The van der Waals surface area contributed by atoms with Crippen LogP contribution in [-0.2, 0) is 22.5 Å². The van der Waals surface area contributed by atoms with Gasteiger partial charge in [-0.3, -0.25) is 4.79 Å². The summed E-state index contributed by atoms with van der Waals surface area (Å²) in [5.41, 5.74) is 2.35. The lowest BCUT2D eigenvalue weighted by atomic mass is 10.1. The minimum absolute atomic E-state index is 0.219. The molecule has 0 fully saturated rings. The van der Waals surface area contributed by atoms with Gasteiger partial charge >= 0.3 is 5.97 Å². The summed E-state index contributed by atoms with van der Waals surface area (Å²) in [6, 6.07) is 8.11. The lowest BCUT2D eigenvalue weighted by Crippen LogP contribution is -2.10. The maximum atomic E-state index is 11.3. The van der Waals surface area contributed by atoms with E-state index in [-0.39, 0.29) is 12.5 Å². The Kier molecular flexibility index (Phi) is 5.43. The fraction of sp³-hybridized carbons (Fsp3) is 0.400. The number of esters is 1. The van der Waals surface area contributed by atoms with E-state index in [1.54, 1.807) is 0 Å². The monoisotopic (exact) mass is 247 g/mol. The van der Waals surface area contributed by atoms with E-state index >= 15 is 0 Å². The normalized spacial score (nSPS) is 9.78. The van der Waals surface area contributed by atoms with Gasteiger partial charge < -0.3 is 9.30 Å². The van der Waals surface area contributed by atoms with Gasteiger partial charge in [0.2, 0.25) is 0 Å². The van der Waals surface area contributed by atoms with Crippen molar-refractivity contribution in [1.29, 1.82) is 0 Å². The highest BCUT2D eigenvalue weighted by molar-refractivity contribution is 5.85. The third-order valence-electron chi connectivity index (χ3n) is 2.78. The summed E-state index contributed by atoms with van der Waals surface area (Å²) in [7, 11) is 1.41. The zero-order valence-electron chi connectivity index (χ0n) is 11.6. The molecule has 98 valence electrons. The minimum atomic E-state index is -0.219. The molecule has 0 radical (unpaired) electrons. The molecule has 0 aliphatic heterocycles. The second kappa shape index (κ2) is 6.84. The van der Waals surface area contributed by atoms with Crippen LogP contribution in [0.3, 0.4) is 0 Å². The van der Waals surface area contributed by atoms with Crippen LogP contribution < -0.4 is 0 Å². The van der Waals surface area contributed by atoms with Gasteiger partial charge in [-0.05, 0) is 18.1 Å². The van der Waals surface area contributed by atoms with Crippen LogP contribution in [0.2, 0.25) is 0 Å². The van der Waals surface area contributed by atoms with Crippen LogP contribution in [0, 0.1) is 0 Å². The maximum absolute atomic E-state index is 11.3. The largest absolute Gasteiger partial charge is 0.468 e. The number of hydrogen-bond donors (Lipinski definition) is 0. The molecule has 0 saturated carbocycles. The number of nitrogens with zero attached hydrogens (tertiary/aromatic N) is 1. The second-order valence-corrected chi connectivity index (χ2v) is 3.73. The molecule has 0 saturated heterocycles. The van der Waals surface area contributed by atoms with Crippen molar-refractivity contribution in [2.45, 2.75) is 33.7 Å². The first-order chi connectivity index (χ1) is 8.76. The fourth-order valence-electron chi connectivity index (χ4n) is 1.94. The van der Waals surface area contributed by atoms with Gasteiger partial charge in [0.1, 0.15) is 6.54 Å². The van der Waals surface area contributed by atoms with Crippen LogP contribution in [0.25, 0.3) is 10.9 Å². The molecule has 2 rings (SSSR count). The third kappa shape index (κ3) is 2.92. The first-order valence-electron chi connectivity index (χ1n) is 6.39. The number of carbonyl (C=O) groups is 1. The van der Waals surface area contributed by atoms with Crippen LogP contribution in [-0.4, -0.2) is 17.6 Å². The lowest BCUT2D eigenvalue weighted by molar-refractivity contribution is -0.141. The van der Waals surface area contributed by atoms with Crippen LogP contribution in [0.15, 0.2) is 30.5 Å². The van der Waals surface area contributed by atoms with Crippen LogP contribution in [0.1, 0.15) is 26.3 Å². The molecule has 0 amide bonds. The number of aryl methyl sites for hydroxylation is 1. The first kappa shape index (κ1) is 14.3. The Labute approximate surface area is 108 Å². The summed E-state index contributed by atoms with van der Waals surface area (Å²) in [6.45, 7) is 6.39. The van der Waals surface area contributed by atoms with Crippen molar-refractivity contribution in [2.75, 3.05) is 7.11 Å². The van der Waals surface area contributed by atoms with Crippen molar-refractivity contribution < 1.29 is 9.53 Å². The average Bonchev–Trinajstić information content (AvgIpc) is 2.79. The third-order valence-corrected chi connectivity index (χ3v) is 2.78. The number of fused-ring (bicyclic) bond motifs is 1. The summed E-state index contributed by atoms with van der Waals surface area (Å²) in [5.74, 6) is -0.219. The van der Waals surface area contributed by atoms with Gasteiger partial charge in [-0.2, -0.15) is 0 Å². The molecule has 0 aliphatic rings. The molecule has 0 N–H and O–H groups in total. The van der Waals surface area contributed by atoms with Crippen molar-refractivity contribution in [3.63, 3.8) is 0 Å². The first-order valence-corrected chi connectivity index (χ1v) is 6.39. The highest BCUT2D eigenvalue weighted by Gasteiger charge is 2.09. The Morgan fingerprint density at radius 2 is 1.94 bits per heavy atom. The van der Waals surface area contributed by atoms with E-state index in [0.717, 1.165) is 11.9 Å². The molecule has 0 unspecified atom stereocenters. The second-order valence-electron chi connectivity index (χ2n) is 3.73. The molecule has 1 heterocycles. The Balaban J connectivity index is 0.000000771. The SMILES string of the molecule is CC.CCc1cn(CC(=O)OC)c2ccccc12. The van der Waals surface area contributed by atoms with E-state index in [4.69, 9.17) is 0 Å². The molecule has 1 aromatic carbocycles. The fourth-order valence-corrected chi connectivity index (χ4v) is 1.94. The van der Waals surface area contributed by atoms with Gasteiger partial charge in [0.15, 0.2) is 0 Å².